The van der Waals surface area contributed by atoms with Crippen LogP contribution < -0.4 is 5.32 Å². The molecule has 1 aromatic heterocycles. The van der Waals surface area contributed by atoms with Crippen LogP contribution in [0.5, 0.6) is 0 Å². The number of aromatic nitrogens is 2. The van der Waals surface area contributed by atoms with Gasteiger partial charge in [0.25, 0.3) is 0 Å². The smallest absolute Gasteiger partial charge is 0.144 e. The molecule has 0 spiro atoms. The Hall–Kier alpha value is -1.16. The van der Waals surface area contributed by atoms with Gasteiger partial charge in [0.05, 0.1) is 18.1 Å². The largest absolute Gasteiger partial charge is 0.369 e. The van der Waals surface area contributed by atoms with Gasteiger partial charge in [-0.2, -0.15) is 0 Å². The Morgan fingerprint density at radius 3 is 2.26 bits per heavy atom. The van der Waals surface area contributed by atoms with Crippen molar-refractivity contribution in [1.82, 2.24) is 14.9 Å². The number of hydrogen-bond donors (Lipinski definition) is 1. The zero-order valence-electron chi connectivity index (χ0n) is 11.8. The van der Waals surface area contributed by atoms with E-state index in [2.05, 4.69) is 27.1 Å². The second-order valence-corrected chi connectivity index (χ2v) is 6.00. The predicted molar refractivity (Wildman–Crippen MR) is 76.9 cm³/mol. The molecule has 0 saturated heterocycles. The maximum atomic E-state index is 4.53. The van der Waals surface area contributed by atoms with Gasteiger partial charge in [-0.1, -0.05) is 0 Å². The second kappa shape index (κ2) is 5.87. The Morgan fingerprint density at radius 2 is 1.79 bits per heavy atom. The Labute approximate surface area is 115 Å². The maximum absolute atomic E-state index is 4.53. The summed E-state index contributed by atoms with van der Waals surface area (Å²) >= 11 is 0. The summed E-state index contributed by atoms with van der Waals surface area (Å²) < 4.78 is 0. The summed E-state index contributed by atoms with van der Waals surface area (Å²) in [5.74, 6) is 2.78. The molecule has 1 N–H and O–H groups in total. The lowest BCUT2D eigenvalue weighted by Gasteiger charge is -2.21. The Balaban J connectivity index is 1.55. The van der Waals surface area contributed by atoms with Crippen molar-refractivity contribution in [2.45, 2.75) is 39.2 Å². The van der Waals surface area contributed by atoms with Crippen molar-refractivity contribution in [2.24, 2.45) is 11.8 Å². The van der Waals surface area contributed by atoms with E-state index in [0.29, 0.717) is 0 Å². The molecule has 3 rings (SSSR count). The molecule has 0 amide bonds. The molecular weight excluding hydrogens is 236 g/mol. The minimum Gasteiger partial charge on any atom is -0.369 e. The molecule has 4 nitrogen and oxygen atoms in total. The van der Waals surface area contributed by atoms with Crippen molar-refractivity contribution >= 4 is 5.82 Å². The first-order valence-electron chi connectivity index (χ1n) is 7.60. The molecular formula is C15H24N4. The molecule has 0 atom stereocenters. The fourth-order valence-corrected chi connectivity index (χ4v) is 2.47. The molecule has 1 heterocycles. The normalized spacial score (nSPS) is 18.8. The Bertz CT molecular complexity index is 381. The summed E-state index contributed by atoms with van der Waals surface area (Å²) in [5, 5.41) is 3.19. The number of hydrogen-bond acceptors (Lipinski definition) is 4. The van der Waals surface area contributed by atoms with Gasteiger partial charge in [-0.3, -0.25) is 9.88 Å². The van der Waals surface area contributed by atoms with Gasteiger partial charge in [-0.25, -0.2) is 4.98 Å². The standard InChI is InChI=1S/C15H24N4/c1-2-16-15-8-17-14(7-18-15)11-19(9-12-3-4-12)10-13-5-6-13/h7-8,12-13H,2-6,9-11H2,1H3,(H,16,18). The van der Waals surface area contributed by atoms with Crippen molar-refractivity contribution in [1.29, 1.82) is 0 Å². The van der Waals surface area contributed by atoms with E-state index in [0.717, 1.165) is 36.4 Å². The van der Waals surface area contributed by atoms with Gasteiger partial charge in [-0.05, 0) is 44.4 Å². The molecule has 2 aliphatic rings. The van der Waals surface area contributed by atoms with Gasteiger partial charge in [0, 0.05) is 26.2 Å². The summed E-state index contributed by atoms with van der Waals surface area (Å²) in [4.78, 5) is 11.5. The van der Waals surface area contributed by atoms with E-state index in [1.807, 2.05) is 12.4 Å². The third-order valence-electron chi connectivity index (χ3n) is 3.88. The minimum absolute atomic E-state index is 0.877. The molecule has 0 bridgehead atoms. The van der Waals surface area contributed by atoms with Crippen LogP contribution in [-0.2, 0) is 6.54 Å². The van der Waals surface area contributed by atoms with Gasteiger partial charge >= 0.3 is 0 Å². The van der Waals surface area contributed by atoms with E-state index in [1.165, 1.54) is 38.8 Å². The van der Waals surface area contributed by atoms with E-state index < -0.39 is 0 Å². The van der Waals surface area contributed by atoms with Gasteiger partial charge in [0.15, 0.2) is 0 Å². The van der Waals surface area contributed by atoms with Crippen molar-refractivity contribution in [3.8, 4) is 0 Å². The van der Waals surface area contributed by atoms with Crippen molar-refractivity contribution in [3.63, 3.8) is 0 Å². The molecule has 0 unspecified atom stereocenters. The van der Waals surface area contributed by atoms with Gasteiger partial charge in [0.2, 0.25) is 0 Å². The first-order chi connectivity index (χ1) is 9.33. The van der Waals surface area contributed by atoms with Crippen LogP contribution in [0.3, 0.4) is 0 Å². The number of nitrogens with one attached hydrogen (secondary N) is 1. The summed E-state index contributed by atoms with van der Waals surface area (Å²) in [6, 6.07) is 0. The quantitative estimate of drug-likeness (QED) is 0.780. The van der Waals surface area contributed by atoms with Crippen molar-refractivity contribution in [2.75, 3.05) is 25.0 Å². The highest BCUT2D eigenvalue weighted by Gasteiger charge is 2.29. The lowest BCUT2D eigenvalue weighted by molar-refractivity contribution is 0.241. The summed E-state index contributed by atoms with van der Waals surface area (Å²) in [6.07, 6.45) is 9.47. The van der Waals surface area contributed by atoms with Crippen LogP contribution in [0.25, 0.3) is 0 Å². The number of anilines is 1. The SMILES string of the molecule is CCNc1cnc(CN(CC2CC2)CC2CC2)cn1. The Kier molecular flexibility index (Phi) is 3.97. The van der Waals surface area contributed by atoms with E-state index in [4.69, 9.17) is 0 Å². The summed E-state index contributed by atoms with van der Waals surface area (Å²) in [6.45, 7) is 6.44. The molecule has 4 heteroatoms. The average molecular weight is 260 g/mol. The zero-order valence-corrected chi connectivity index (χ0v) is 11.8. The number of rotatable bonds is 8. The zero-order chi connectivity index (χ0) is 13.1. The van der Waals surface area contributed by atoms with Crippen molar-refractivity contribution in [3.05, 3.63) is 18.1 Å². The van der Waals surface area contributed by atoms with E-state index in [9.17, 15) is 0 Å². The van der Waals surface area contributed by atoms with Crippen LogP contribution in [-0.4, -0.2) is 34.5 Å². The average Bonchev–Trinajstić information content (AvgIpc) is 3.28. The van der Waals surface area contributed by atoms with Crippen LogP contribution >= 0.6 is 0 Å². The molecule has 2 saturated carbocycles. The third kappa shape index (κ3) is 4.16. The van der Waals surface area contributed by atoms with Gasteiger partial charge < -0.3 is 5.32 Å². The molecule has 0 aromatic carbocycles. The maximum Gasteiger partial charge on any atom is 0.144 e. The highest BCUT2D eigenvalue weighted by Crippen LogP contribution is 2.34. The molecule has 2 fully saturated rings. The van der Waals surface area contributed by atoms with E-state index in [1.54, 1.807) is 0 Å². The molecule has 1 aromatic rings. The van der Waals surface area contributed by atoms with E-state index >= 15 is 0 Å². The third-order valence-corrected chi connectivity index (χ3v) is 3.88. The highest BCUT2D eigenvalue weighted by atomic mass is 15.1. The van der Waals surface area contributed by atoms with Gasteiger partial charge in [-0.15, -0.1) is 0 Å². The van der Waals surface area contributed by atoms with Gasteiger partial charge in [0.1, 0.15) is 5.82 Å². The summed E-state index contributed by atoms with van der Waals surface area (Å²) in [5.41, 5.74) is 1.10. The fourth-order valence-electron chi connectivity index (χ4n) is 2.47. The molecule has 0 radical (unpaired) electrons. The van der Waals surface area contributed by atoms with Crippen molar-refractivity contribution < 1.29 is 0 Å². The molecule has 104 valence electrons. The van der Waals surface area contributed by atoms with Crippen LogP contribution in [0.4, 0.5) is 5.82 Å². The van der Waals surface area contributed by atoms with Crippen LogP contribution in [0, 0.1) is 11.8 Å². The summed E-state index contributed by atoms with van der Waals surface area (Å²) in [7, 11) is 0. The van der Waals surface area contributed by atoms with Crippen LogP contribution in [0.2, 0.25) is 0 Å². The van der Waals surface area contributed by atoms with Crippen LogP contribution in [0.1, 0.15) is 38.3 Å². The second-order valence-electron chi connectivity index (χ2n) is 6.00. The predicted octanol–water partition coefficient (Wildman–Crippen LogP) is 2.53. The minimum atomic E-state index is 0.877. The lowest BCUT2D eigenvalue weighted by Crippen LogP contribution is -2.28. The fraction of sp³-hybridized carbons (Fsp3) is 0.733. The van der Waals surface area contributed by atoms with Crippen LogP contribution in [0.15, 0.2) is 12.4 Å². The highest BCUT2D eigenvalue weighted by molar-refractivity contribution is 5.30. The first kappa shape index (κ1) is 12.9. The van der Waals surface area contributed by atoms with E-state index in [-0.39, 0.29) is 0 Å². The molecule has 0 aliphatic heterocycles. The monoisotopic (exact) mass is 260 g/mol. The first-order valence-corrected chi connectivity index (χ1v) is 7.60. The lowest BCUT2D eigenvalue weighted by atomic mass is 10.3. The number of nitrogens with zero attached hydrogens (tertiary/aromatic N) is 3. The topological polar surface area (TPSA) is 41.1 Å². The molecule has 2 aliphatic carbocycles. The Morgan fingerprint density at radius 1 is 1.11 bits per heavy atom. The molecule has 19 heavy (non-hydrogen) atoms.